The van der Waals surface area contributed by atoms with Crippen molar-refractivity contribution in [2.24, 2.45) is 5.92 Å². The Morgan fingerprint density at radius 3 is 2.50 bits per heavy atom. The van der Waals surface area contributed by atoms with Crippen molar-refractivity contribution in [2.75, 3.05) is 25.0 Å². The molecule has 0 unspecified atom stereocenters. The summed E-state index contributed by atoms with van der Waals surface area (Å²) in [7, 11) is -3.77. The number of hydrogen-bond acceptors (Lipinski definition) is 8. The van der Waals surface area contributed by atoms with Crippen LogP contribution < -0.4 is 5.32 Å². The van der Waals surface area contributed by atoms with Gasteiger partial charge in [0.2, 0.25) is 15.9 Å². The number of hydrogen-bond donors (Lipinski definition) is 1. The second kappa shape index (κ2) is 10.1. The number of esters is 1. The van der Waals surface area contributed by atoms with E-state index in [0.717, 1.165) is 0 Å². The number of rotatable bonds is 7. The molecule has 11 nitrogen and oxygen atoms in total. The van der Waals surface area contributed by atoms with Gasteiger partial charge in [-0.1, -0.05) is 0 Å². The third kappa shape index (κ3) is 5.13. The largest absolute Gasteiger partial charge is 0.462 e. The number of amides is 1. The minimum atomic E-state index is -3.77. The molecule has 2 aromatic carbocycles. The molecule has 1 amide bonds. The van der Waals surface area contributed by atoms with E-state index in [4.69, 9.17) is 4.74 Å². The molecule has 3 aromatic rings. The Hall–Kier alpha value is -3.64. The summed E-state index contributed by atoms with van der Waals surface area (Å²) in [5.41, 5.74) is 1.55. The fraction of sp³-hybridized carbons (Fsp3) is 0.318. The fourth-order valence-corrected chi connectivity index (χ4v) is 5.25. The standard InChI is InChI=1S/C22H24N6O5S/c1-2-33-22(30)16-5-7-18(8-6-16)24-21(29)17-4-3-13-27(14-17)34(31,32)20-11-9-19(10-12-20)28-15-23-25-26-28/h5-12,15,17H,2-4,13-14H2,1H3,(H,24,29)/t17-/m1/s1. The summed E-state index contributed by atoms with van der Waals surface area (Å²) in [6.07, 6.45) is 2.57. The zero-order valence-corrected chi connectivity index (χ0v) is 19.3. The van der Waals surface area contributed by atoms with E-state index in [1.165, 1.54) is 27.4 Å². The Bertz CT molecular complexity index is 1240. The number of carbonyl (C=O) groups is 2. The van der Waals surface area contributed by atoms with Gasteiger partial charge in [-0.25, -0.2) is 17.9 Å². The smallest absolute Gasteiger partial charge is 0.338 e. The van der Waals surface area contributed by atoms with Gasteiger partial charge in [0.1, 0.15) is 6.33 Å². The third-order valence-corrected chi connectivity index (χ3v) is 7.39. The summed E-state index contributed by atoms with van der Waals surface area (Å²) in [5.74, 6) is -1.19. The Morgan fingerprint density at radius 1 is 1.12 bits per heavy atom. The second-order valence-corrected chi connectivity index (χ2v) is 9.68. The summed E-state index contributed by atoms with van der Waals surface area (Å²) in [5, 5.41) is 13.7. The average Bonchev–Trinajstić information content (AvgIpc) is 3.40. The average molecular weight is 485 g/mol. The van der Waals surface area contributed by atoms with E-state index < -0.39 is 21.9 Å². The highest BCUT2D eigenvalue weighted by Crippen LogP contribution is 2.25. The normalized spacial score (nSPS) is 16.7. The zero-order valence-electron chi connectivity index (χ0n) is 18.5. The van der Waals surface area contributed by atoms with Crippen molar-refractivity contribution >= 4 is 27.6 Å². The van der Waals surface area contributed by atoms with E-state index in [9.17, 15) is 18.0 Å². The van der Waals surface area contributed by atoms with Crippen LogP contribution in [-0.4, -0.2) is 64.5 Å². The monoisotopic (exact) mass is 484 g/mol. The van der Waals surface area contributed by atoms with E-state index in [1.54, 1.807) is 43.3 Å². The van der Waals surface area contributed by atoms with Crippen LogP contribution in [0, 0.1) is 5.92 Å². The highest BCUT2D eigenvalue weighted by molar-refractivity contribution is 7.89. The minimum Gasteiger partial charge on any atom is -0.462 e. The first kappa shape index (κ1) is 23.5. The van der Waals surface area contributed by atoms with Crippen LogP contribution >= 0.6 is 0 Å². The van der Waals surface area contributed by atoms with Crippen molar-refractivity contribution in [2.45, 2.75) is 24.7 Å². The Balaban J connectivity index is 1.41. The summed E-state index contributed by atoms with van der Waals surface area (Å²) in [4.78, 5) is 24.7. The lowest BCUT2D eigenvalue weighted by Crippen LogP contribution is -2.43. The molecule has 0 radical (unpaired) electrons. The SMILES string of the molecule is CCOC(=O)c1ccc(NC(=O)[C@@H]2CCCN(S(=O)(=O)c3ccc(-n4cnnn4)cc3)C2)cc1. The molecule has 2 heterocycles. The molecule has 1 aliphatic heterocycles. The molecular formula is C22H24N6O5S. The zero-order chi connectivity index (χ0) is 24.1. The molecule has 0 bridgehead atoms. The number of anilines is 1. The van der Waals surface area contributed by atoms with Gasteiger partial charge in [0, 0.05) is 18.8 Å². The van der Waals surface area contributed by atoms with Crippen LogP contribution in [0.5, 0.6) is 0 Å². The Morgan fingerprint density at radius 2 is 1.85 bits per heavy atom. The number of ether oxygens (including phenoxy) is 1. The van der Waals surface area contributed by atoms with Gasteiger partial charge < -0.3 is 10.1 Å². The quantitative estimate of drug-likeness (QED) is 0.502. The lowest BCUT2D eigenvalue weighted by molar-refractivity contribution is -0.120. The molecule has 1 aromatic heterocycles. The van der Waals surface area contributed by atoms with E-state index in [1.807, 2.05) is 0 Å². The van der Waals surface area contributed by atoms with Gasteiger partial charge in [0.05, 0.1) is 28.7 Å². The van der Waals surface area contributed by atoms with Crippen molar-refractivity contribution in [1.82, 2.24) is 24.5 Å². The number of sulfonamides is 1. The van der Waals surface area contributed by atoms with Gasteiger partial charge in [0.15, 0.2) is 0 Å². The van der Waals surface area contributed by atoms with Crippen molar-refractivity contribution in [3.8, 4) is 5.69 Å². The maximum atomic E-state index is 13.2. The third-order valence-electron chi connectivity index (χ3n) is 5.51. The number of benzene rings is 2. The van der Waals surface area contributed by atoms with Crippen LogP contribution in [-0.2, 0) is 19.6 Å². The molecule has 1 atom stereocenters. The lowest BCUT2D eigenvalue weighted by atomic mass is 9.98. The first-order valence-electron chi connectivity index (χ1n) is 10.8. The number of carbonyl (C=O) groups excluding carboxylic acids is 2. The van der Waals surface area contributed by atoms with Crippen LogP contribution in [0.25, 0.3) is 5.69 Å². The van der Waals surface area contributed by atoms with E-state index in [0.29, 0.717) is 36.3 Å². The van der Waals surface area contributed by atoms with Crippen molar-refractivity contribution in [3.05, 3.63) is 60.4 Å². The topological polar surface area (TPSA) is 136 Å². The number of piperidine rings is 1. The van der Waals surface area contributed by atoms with Crippen LogP contribution in [0.2, 0.25) is 0 Å². The highest BCUT2D eigenvalue weighted by atomic mass is 32.2. The summed E-state index contributed by atoms with van der Waals surface area (Å²) >= 11 is 0. The number of tetrazole rings is 1. The molecule has 1 N–H and O–H groups in total. The molecule has 12 heteroatoms. The first-order valence-corrected chi connectivity index (χ1v) is 12.2. The molecule has 34 heavy (non-hydrogen) atoms. The molecular weight excluding hydrogens is 460 g/mol. The number of nitrogens with one attached hydrogen (secondary N) is 1. The molecule has 1 fully saturated rings. The van der Waals surface area contributed by atoms with Crippen molar-refractivity contribution < 1.29 is 22.7 Å². The fourth-order valence-electron chi connectivity index (χ4n) is 3.72. The summed E-state index contributed by atoms with van der Waals surface area (Å²) < 4.78 is 34.1. The van der Waals surface area contributed by atoms with Crippen LogP contribution in [0.3, 0.4) is 0 Å². The summed E-state index contributed by atoms with van der Waals surface area (Å²) in [6, 6.07) is 12.6. The number of nitrogens with zero attached hydrogens (tertiary/aromatic N) is 5. The molecule has 4 rings (SSSR count). The molecule has 1 aliphatic rings. The van der Waals surface area contributed by atoms with Gasteiger partial charge in [-0.2, -0.15) is 4.31 Å². The van der Waals surface area contributed by atoms with Crippen LogP contribution in [0.15, 0.2) is 59.8 Å². The first-order chi connectivity index (χ1) is 16.4. The van der Waals surface area contributed by atoms with E-state index >= 15 is 0 Å². The van der Waals surface area contributed by atoms with Gasteiger partial charge in [0.25, 0.3) is 0 Å². The van der Waals surface area contributed by atoms with Crippen LogP contribution in [0.4, 0.5) is 5.69 Å². The van der Waals surface area contributed by atoms with Gasteiger partial charge in [-0.3, -0.25) is 4.79 Å². The molecule has 178 valence electrons. The van der Waals surface area contributed by atoms with Gasteiger partial charge >= 0.3 is 5.97 Å². The molecule has 0 spiro atoms. The molecule has 1 saturated heterocycles. The van der Waals surface area contributed by atoms with Crippen molar-refractivity contribution in [1.29, 1.82) is 0 Å². The summed E-state index contributed by atoms with van der Waals surface area (Å²) in [6.45, 7) is 2.44. The second-order valence-electron chi connectivity index (χ2n) is 7.74. The molecule has 0 aliphatic carbocycles. The van der Waals surface area contributed by atoms with Crippen LogP contribution in [0.1, 0.15) is 30.1 Å². The number of aromatic nitrogens is 4. The predicted octanol–water partition coefficient (Wildman–Crippen LogP) is 1.88. The van der Waals surface area contributed by atoms with Crippen molar-refractivity contribution in [3.63, 3.8) is 0 Å². The van der Waals surface area contributed by atoms with Gasteiger partial charge in [-0.05, 0) is 78.7 Å². The van der Waals surface area contributed by atoms with E-state index in [2.05, 4.69) is 20.8 Å². The Kier molecular flexibility index (Phi) is 6.98. The maximum absolute atomic E-state index is 13.2. The van der Waals surface area contributed by atoms with E-state index in [-0.39, 0.29) is 24.0 Å². The van der Waals surface area contributed by atoms with Gasteiger partial charge in [-0.15, -0.1) is 5.10 Å². The highest BCUT2D eigenvalue weighted by Gasteiger charge is 2.33. The Labute approximate surface area is 196 Å². The predicted molar refractivity (Wildman–Crippen MR) is 122 cm³/mol. The molecule has 0 saturated carbocycles. The lowest BCUT2D eigenvalue weighted by Gasteiger charge is -2.31. The maximum Gasteiger partial charge on any atom is 0.338 e. The minimum absolute atomic E-state index is 0.0871.